The van der Waals surface area contributed by atoms with Gasteiger partial charge in [-0.25, -0.2) is 8.42 Å². The SMILES string of the molecule is Cc1ccc2c(c1)N(S(C)(=O)=O)CC(C(=O)NCc1ccc(N(C)C)cc1)O2. The first-order chi connectivity index (χ1) is 13.1. The molecule has 1 aliphatic heterocycles. The van der Waals surface area contributed by atoms with E-state index in [0.29, 0.717) is 18.0 Å². The van der Waals surface area contributed by atoms with Gasteiger partial charge < -0.3 is 15.0 Å². The molecule has 1 amide bonds. The molecule has 7 nitrogen and oxygen atoms in total. The van der Waals surface area contributed by atoms with Crippen LogP contribution in [0.2, 0.25) is 0 Å². The number of nitrogens with zero attached hydrogens (tertiary/aromatic N) is 2. The highest BCUT2D eigenvalue weighted by Crippen LogP contribution is 2.35. The highest BCUT2D eigenvalue weighted by Gasteiger charge is 2.34. The third kappa shape index (κ3) is 4.39. The van der Waals surface area contributed by atoms with Gasteiger partial charge in [-0.15, -0.1) is 0 Å². The first-order valence-electron chi connectivity index (χ1n) is 8.94. The van der Waals surface area contributed by atoms with Crippen LogP contribution in [0, 0.1) is 6.92 Å². The van der Waals surface area contributed by atoms with Crippen LogP contribution >= 0.6 is 0 Å². The van der Waals surface area contributed by atoms with Gasteiger partial charge in [-0.1, -0.05) is 18.2 Å². The maximum absolute atomic E-state index is 12.6. The Balaban J connectivity index is 1.73. The first kappa shape index (κ1) is 20.0. The van der Waals surface area contributed by atoms with Crippen LogP contribution in [0.25, 0.3) is 0 Å². The summed E-state index contributed by atoms with van der Waals surface area (Å²) in [4.78, 5) is 14.6. The summed E-state index contributed by atoms with van der Waals surface area (Å²) < 4.78 is 31.5. The second kappa shape index (κ2) is 7.71. The molecule has 0 saturated heterocycles. The largest absolute Gasteiger partial charge is 0.476 e. The van der Waals surface area contributed by atoms with Crippen molar-refractivity contribution in [2.75, 3.05) is 36.1 Å². The van der Waals surface area contributed by atoms with Crippen LogP contribution in [0.5, 0.6) is 5.75 Å². The number of fused-ring (bicyclic) bond motifs is 1. The van der Waals surface area contributed by atoms with E-state index in [1.807, 2.05) is 56.3 Å². The molecule has 150 valence electrons. The van der Waals surface area contributed by atoms with Gasteiger partial charge >= 0.3 is 0 Å². The average Bonchev–Trinajstić information content (AvgIpc) is 2.64. The number of carbonyl (C=O) groups excluding carboxylic acids is 1. The van der Waals surface area contributed by atoms with Gasteiger partial charge in [0.25, 0.3) is 5.91 Å². The Morgan fingerprint density at radius 2 is 1.89 bits per heavy atom. The van der Waals surface area contributed by atoms with E-state index in [9.17, 15) is 13.2 Å². The van der Waals surface area contributed by atoms with Gasteiger partial charge in [-0.3, -0.25) is 9.10 Å². The van der Waals surface area contributed by atoms with Crippen molar-refractivity contribution in [3.63, 3.8) is 0 Å². The minimum atomic E-state index is -3.53. The smallest absolute Gasteiger partial charge is 0.263 e. The summed E-state index contributed by atoms with van der Waals surface area (Å²) in [6.45, 7) is 2.16. The molecule has 3 rings (SSSR count). The summed E-state index contributed by atoms with van der Waals surface area (Å²) in [5.41, 5.74) is 3.40. The second-order valence-corrected chi connectivity index (χ2v) is 9.06. The Bertz CT molecular complexity index is 971. The fourth-order valence-corrected chi connectivity index (χ4v) is 3.93. The summed E-state index contributed by atoms with van der Waals surface area (Å²) in [7, 11) is 0.391. The molecule has 0 aliphatic carbocycles. The van der Waals surface area contributed by atoms with Crippen molar-refractivity contribution in [1.82, 2.24) is 5.32 Å². The molecule has 0 aromatic heterocycles. The minimum absolute atomic E-state index is 0.0549. The number of carbonyl (C=O) groups is 1. The highest BCUT2D eigenvalue weighted by molar-refractivity contribution is 7.92. The molecule has 0 saturated carbocycles. The lowest BCUT2D eigenvalue weighted by Crippen LogP contribution is -2.50. The minimum Gasteiger partial charge on any atom is -0.476 e. The third-order valence-electron chi connectivity index (χ3n) is 4.60. The van der Waals surface area contributed by atoms with Gasteiger partial charge in [0.2, 0.25) is 10.0 Å². The average molecular weight is 404 g/mol. The van der Waals surface area contributed by atoms with E-state index in [1.54, 1.807) is 12.1 Å². The van der Waals surface area contributed by atoms with E-state index < -0.39 is 16.1 Å². The van der Waals surface area contributed by atoms with Gasteiger partial charge in [-0.05, 0) is 42.3 Å². The highest BCUT2D eigenvalue weighted by atomic mass is 32.2. The quantitative estimate of drug-likeness (QED) is 0.825. The maximum atomic E-state index is 12.6. The van der Waals surface area contributed by atoms with Crippen molar-refractivity contribution in [3.05, 3.63) is 53.6 Å². The molecule has 1 heterocycles. The monoisotopic (exact) mass is 403 g/mol. The van der Waals surface area contributed by atoms with E-state index in [4.69, 9.17) is 4.74 Å². The summed E-state index contributed by atoms with van der Waals surface area (Å²) in [6.07, 6.45) is 0.220. The Labute approximate surface area is 166 Å². The second-order valence-electron chi connectivity index (χ2n) is 7.15. The van der Waals surface area contributed by atoms with Crippen LogP contribution in [0.15, 0.2) is 42.5 Å². The molecule has 8 heteroatoms. The fourth-order valence-electron chi connectivity index (χ4n) is 3.03. The van der Waals surface area contributed by atoms with Crippen LogP contribution in [-0.4, -0.2) is 47.3 Å². The Kier molecular flexibility index (Phi) is 5.51. The number of hydrogen-bond acceptors (Lipinski definition) is 5. The molecule has 28 heavy (non-hydrogen) atoms. The molecular formula is C20H25N3O4S. The van der Waals surface area contributed by atoms with Crippen molar-refractivity contribution in [3.8, 4) is 5.75 Å². The molecule has 0 spiro atoms. The van der Waals surface area contributed by atoms with E-state index in [2.05, 4.69) is 5.32 Å². The van der Waals surface area contributed by atoms with E-state index in [1.165, 1.54) is 4.31 Å². The van der Waals surface area contributed by atoms with Crippen LogP contribution in [0.3, 0.4) is 0 Å². The number of nitrogens with one attached hydrogen (secondary N) is 1. The number of hydrogen-bond donors (Lipinski definition) is 1. The molecule has 2 aromatic rings. The predicted molar refractivity (Wildman–Crippen MR) is 110 cm³/mol. The molecule has 2 aromatic carbocycles. The molecule has 1 N–H and O–H groups in total. The summed E-state index contributed by atoms with van der Waals surface area (Å²) in [6, 6.07) is 13.1. The molecule has 0 radical (unpaired) electrons. The summed E-state index contributed by atoms with van der Waals surface area (Å²) >= 11 is 0. The van der Waals surface area contributed by atoms with Crippen molar-refractivity contribution < 1.29 is 17.9 Å². The summed E-state index contributed by atoms with van der Waals surface area (Å²) in [5.74, 6) is 0.0364. The van der Waals surface area contributed by atoms with Crippen LogP contribution in [0.1, 0.15) is 11.1 Å². The fraction of sp³-hybridized carbons (Fsp3) is 0.350. The lowest BCUT2D eigenvalue weighted by Gasteiger charge is -2.34. The topological polar surface area (TPSA) is 79.0 Å². The molecule has 1 atom stereocenters. The predicted octanol–water partition coefficient (Wildman–Crippen LogP) is 1.90. The van der Waals surface area contributed by atoms with Crippen molar-refractivity contribution in [1.29, 1.82) is 0 Å². The molecule has 1 unspecified atom stereocenters. The standard InChI is InChI=1S/C20H25N3O4S/c1-14-5-10-18-17(11-14)23(28(4,25)26)13-19(27-18)20(24)21-12-15-6-8-16(9-7-15)22(2)3/h5-11,19H,12-13H2,1-4H3,(H,21,24). The van der Waals surface area contributed by atoms with Crippen molar-refractivity contribution >= 4 is 27.3 Å². The van der Waals surface area contributed by atoms with Gasteiger partial charge in [0.15, 0.2) is 6.10 Å². The van der Waals surface area contributed by atoms with Gasteiger partial charge in [0.05, 0.1) is 18.5 Å². The number of ether oxygens (including phenoxy) is 1. The lowest BCUT2D eigenvalue weighted by atomic mass is 10.1. The molecule has 1 aliphatic rings. The zero-order valence-electron chi connectivity index (χ0n) is 16.5. The summed E-state index contributed by atoms with van der Waals surface area (Å²) in [5, 5.41) is 2.83. The maximum Gasteiger partial charge on any atom is 0.263 e. The van der Waals surface area contributed by atoms with E-state index in [0.717, 1.165) is 23.1 Å². The normalized spacial score (nSPS) is 16.1. The number of amides is 1. The van der Waals surface area contributed by atoms with Crippen molar-refractivity contribution in [2.24, 2.45) is 0 Å². The van der Waals surface area contributed by atoms with E-state index >= 15 is 0 Å². The number of anilines is 2. The van der Waals surface area contributed by atoms with Crippen molar-refractivity contribution in [2.45, 2.75) is 19.6 Å². The van der Waals surface area contributed by atoms with Crippen LogP contribution in [0.4, 0.5) is 11.4 Å². The Hall–Kier alpha value is -2.74. The zero-order chi connectivity index (χ0) is 20.5. The zero-order valence-corrected chi connectivity index (χ0v) is 17.3. The molecule has 0 bridgehead atoms. The third-order valence-corrected chi connectivity index (χ3v) is 5.74. The number of sulfonamides is 1. The molecular weight excluding hydrogens is 378 g/mol. The lowest BCUT2D eigenvalue weighted by molar-refractivity contribution is -0.127. The number of rotatable bonds is 5. The first-order valence-corrected chi connectivity index (χ1v) is 10.8. The van der Waals surface area contributed by atoms with Crippen LogP contribution < -0.4 is 19.3 Å². The van der Waals surface area contributed by atoms with Gasteiger partial charge in [-0.2, -0.15) is 0 Å². The van der Waals surface area contributed by atoms with E-state index in [-0.39, 0.29) is 12.5 Å². The Morgan fingerprint density at radius 1 is 1.21 bits per heavy atom. The van der Waals surface area contributed by atoms with Gasteiger partial charge in [0, 0.05) is 26.3 Å². The number of benzene rings is 2. The Morgan fingerprint density at radius 3 is 2.50 bits per heavy atom. The molecule has 0 fully saturated rings. The van der Waals surface area contributed by atoms with Crippen LogP contribution in [-0.2, 0) is 21.4 Å². The van der Waals surface area contributed by atoms with Gasteiger partial charge in [0.1, 0.15) is 5.75 Å². The number of aryl methyl sites for hydroxylation is 1.